The number of rotatable bonds is 4. The van der Waals surface area contributed by atoms with Crippen LogP contribution in [0, 0.1) is 0 Å². The summed E-state index contributed by atoms with van der Waals surface area (Å²) in [5.41, 5.74) is 8.46. The lowest BCUT2D eigenvalue weighted by atomic mass is 10.00. The monoisotopic (exact) mass is 310 g/mol. The van der Waals surface area contributed by atoms with E-state index in [-0.39, 0.29) is 24.4 Å². The van der Waals surface area contributed by atoms with Crippen LogP contribution in [0.15, 0.2) is 24.3 Å². The van der Waals surface area contributed by atoms with Gasteiger partial charge in [0.25, 0.3) is 0 Å². The average molecular weight is 311 g/mol. The standard InChI is InChI=1S/C17H26N2O.ClH/c1-13(2)15-6-3-14(4-7-15)5-8-17(20)19-11-9-16(18)10-12-19;/h3-4,6-7,13,16H,5,8-12,18H2,1-2H3;1H. The smallest absolute Gasteiger partial charge is 0.222 e. The van der Waals surface area contributed by atoms with Gasteiger partial charge in [0.2, 0.25) is 5.91 Å². The lowest BCUT2D eigenvalue weighted by Gasteiger charge is -2.30. The Morgan fingerprint density at radius 3 is 2.33 bits per heavy atom. The highest BCUT2D eigenvalue weighted by Crippen LogP contribution is 2.16. The van der Waals surface area contributed by atoms with Gasteiger partial charge in [-0.1, -0.05) is 38.1 Å². The summed E-state index contributed by atoms with van der Waals surface area (Å²) in [5, 5.41) is 0. The summed E-state index contributed by atoms with van der Waals surface area (Å²) in [6, 6.07) is 8.92. The second-order valence-electron chi connectivity index (χ2n) is 6.11. The van der Waals surface area contributed by atoms with Crippen molar-refractivity contribution in [2.24, 2.45) is 5.73 Å². The molecule has 1 amide bonds. The third kappa shape index (κ3) is 5.33. The summed E-state index contributed by atoms with van der Waals surface area (Å²) < 4.78 is 0. The van der Waals surface area contributed by atoms with Crippen LogP contribution >= 0.6 is 12.4 Å². The maximum Gasteiger partial charge on any atom is 0.222 e. The lowest BCUT2D eigenvalue weighted by Crippen LogP contribution is -2.42. The Morgan fingerprint density at radius 2 is 1.81 bits per heavy atom. The van der Waals surface area contributed by atoms with Crippen molar-refractivity contribution in [3.05, 3.63) is 35.4 Å². The molecule has 1 aliphatic heterocycles. The van der Waals surface area contributed by atoms with E-state index in [0.717, 1.165) is 32.4 Å². The molecule has 4 heteroatoms. The van der Waals surface area contributed by atoms with Crippen LogP contribution in [0.1, 0.15) is 50.2 Å². The third-order valence-corrected chi connectivity index (χ3v) is 4.17. The molecule has 0 aliphatic carbocycles. The number of piperidine rings is 1. The van der Waals surface area contributed by atoms with Crippen molar-refractivity contribution < 1.29 is 4.79 Å². The van der Waals surface area contributed by atoms with Crippen molar-refractivity contribution in [1.29, 1.82) is 0 Å². The van der Waals surface area contributed by atoms with Crippen LogP contribution in [0.25, 0.3) is 0 Å². The van der Waals surface area contributed by atoms with E-state index in [1.807, 2.05) is 4.90 Å². The molecule has 1 heterocycles. The number of carbonyl (C=O) groups excluding carboxylic acids is 1. The van der Waals surface area contributed by atoms with E-state index in [1.54, 1.807) is 0 Å². The van der Waals surface area contributed by atoms with Crippen molar-refractivity contribution in [3.63, 3.8) is 0 Å². The molecule has 2 rings (SSSR count). The number of amides is 1. The van der Waals surface area contributed by atoms with Crippen LogP contribution in [-0.2, 0) is 11.2 Å². The highest BCUT2D eigenvalue weighted by molar-refractivity contribution is 5.85. The molecule has 1 aromatic carbocycles. The molecule has 1 fully saturated rings. The predicted molar refractivity (Wildman–Crippen MR) is 89.9 cm³/mol. The van der Waals surface area contributed by atoms with Gasteiger partial charge in [-0.2, -0.15) is 0 Å². The number of nitrogens with zero attached hydrogens (tertiary/aromatic N) is 1. The molecule has 1 aromatic rings. The lowest BCUT2D eigenvalue weighted by molar-refractivity contribution is -0.132. The fourth-order valence-electron chi connectivity index (χ4n) is 2.63. The van der Waals surface area contributed by atoms with Crippen LogP contribution < -0.4 is 5.73 Å². The summed E-state index contributed by atoms with van der Waals surface area (Å²) in [6.45, 7) is 6.04. The van der Waals surface area contributed by atoms with Gasteiger partial charge in [-0.05, 0) is 36.3 Å². The first-order valence-corrected chi connectivity index (χ1v) is 7.68. The number of aryl methyl sites for hydroxylation is 1. The fourth-order valence-corrected chi connectivity index (χ4v) is 2.63. The summed E-state index contributed by atoms with van der Waals surface area (Å²) in [5.74, 6) is 0.827. The van der Waals surface area contributed by atoms with Gasteiger partial charge in [-0.15, -0.1) is 12.4 Å². The Bertz CT molecular complexity index is 437. The van der Waals surface area contributed by atoms with Gasteiger partial charge in [0, 0.05) is 25.6 Å². The van der Waals surface area contributed by atoms with Gasteiger partial charge >= 0.3 is 0 Å². The van der Waals surface area contributed by atoms with Gasteiger partial charge in [0.1, 0.15) is 0 Å². The maximum absolute atomic E-state index is 12.1. The van der Waals surface area contributed by atoms with Crippen molar-refractivity contribution in [1.82, 2.24) is 4.90 Å². The fraction of sp³-hybridized carbons (Fsp3) is 0.588. The van der Waals surface area contributed by atoms with Crippen LogP contribution in [0.5, 0.6) is 0 Å². The number of hydrogen-bond acceptors (Lipinski definition) is 2. The molecule has 0 spiro atoms. The predicted octanol–water partition coefficient (Wildman–Crippen LogP) is 3.11. The first-order chi connectivity index (χ1) is 9.56. The molecule has 0 aromatic heterocycles. The molecule has 3 nitrogen and oxygen atoms in total. The minimum Gasteiger partial charge on any atom is -0.343 e. The van der Waals surface area contributed by atoms with Gasteiger partial charge in [-0.3, -0.25) is 4.79 Å². The Balaban J connectivity index is 0.00000220. The van der Waals surface area contributed by atoms with Crippen molar-refractivity contribution in [3.8, 4) is 0 Å². The maximum atomic E-state index is 12.1. The molecule has 0 radical (unpaired) electrons. The molecule has 1 saturated heterocycles. The van der Waals surface area contributed by atoms with E-state index in [9.17, 15) is 4.79 Å². The first-order valence-electron chi connectivity index (χ1n) is 7.68. The zero-order valence-corrected chi connectivity index (χ0v) is 13.9. The molecular weight excluding hydrogens is 284 g/mol. The van der Waals surface area contributed by atoms with Crippen LogP contribution in [0.4, 0.5) is 0 Å². The van der Waals surface area contributed by atoms with E-state index in [0.29, 0.717) is 12.3 Å². The van der Waals surface area contributed by atoms with Gasteiger partial charge in [0.15, 0.2) is 0 Å². The molecule has 0 saturated carbocycles. The Kier molecular flexibility index (Phi) is 7.20. The highest BCUT2D eigenvalue weighted by Gasteiger charge is 2.19. The van der Waals surface area contributed by atoms with Crippen LogP contribution in [-0.4, -0.2) is 29.9 Å². The number of hydrogen-bond donors (Lipinski definition) is 1. The third-order valence-electron chi connectivity index (χ3n) is 4.17. The summed E-state index contributed by atoms with van der Waals surface area (Å²) >= 11 is 0. The number of likely N-dealkylation sites (tertiary alicyclic amines) is 1. The first kappa shape index (κ1) is 18.0. The number of carbonyl (C=O) groups is 1. The van der Waals surface area contributed by atoms with Crippen LogP contribution in [0.2, 0.25) is 0 Å². The molecule has 1 aliphatic rings. The summed E-state index contributed by atoms with van der Waals surface area (Å²) in [7, 11) is 0. The quantitative estimate of drug-likeness (QED) is 0.929. The van der Waals surface area contributed by atoms with E-state index in [2.05, 4.69) is 38.1 Å². The topological polar surface area (TPSA) is 46.3 Å². The molecule has 2 N–H and O–H groups in total. The molecule has 118 valence electrons. The van der Waals surface area contributed by atoms with Gasteiger partial charge < -0.3 is 10.6 Å². The Labute approximate surface area is 134 Å². The molecule has 21 heavy (non-hydrogen) atoms. The summed E-state index contributed by atoms with van der Waals surface area (Å²) in [6.07, 6.45) is 3.32. The number of benzene rings is 1. The summed E-state index contributed by atoms with van der Waals surface area (Å²) in [4.78, 5) is 14.1. The minimum atomic E-state index is 0. The van der Waals surface area contributed by atoms with Crippen molar-refractivity contribution in [2.75, 3.05) is 13.1 Å². The second kappa shape index (κ2) is 8.40. The molecular formula is C17H27ClN2O. The zero-order chi connectivity index (χ0) is 14.5. The highest BCUT2D eigenvalue weighted by atomic mass is 35.5. The second-order valence-corrected chi connectivity index (χ2v) is 6.11. The van der Waals surface area contributed by atoms with E-state index >= 15 is 0 Å². The average Bonchev–Trinajstić information content (AvgIpc) is 2.46. The Morgan fingerprint density at radius 1 is 1.24 bits per heavy atom. The SMILES string of the molecule is CC(C)c1ccc(CCC(=O)N2CCC(N)CC2)cc1.Cl. The Hall–Kier alpha value is -1.06. The van der Waals surface area contributed by atoms with Crippen molar-refractivity contribution >= 4 is 18.3 Å². The van der Waals surface area contributed by atoms with Crippen molar-refractivity contribution in [2.45, 2.75) is 51.5 Å². The number of nitrogens with two attached hydrogens (primary N) is 1. The molecule has 0 atom stereocenters. The van der Waals surface area contributed by atoms with Crippen LogP contribution in [0.3, 0.4) is 0 Å². The number of halogens is 1. The minimum absolute atomic E-state index is 0. The zero-order valence-electron chi connectivity index (χ0n) is 13.0. The van der Waals surface area contributed by atoms with E-state index in [1.165, 1.54) is 11.1 Å². The van der Waals surface area contributed by atoms with Gasteiger partial charge in [-0.25, -0.2) is 0 Å². The normalized spacial score (nSPS) is 15.9. The van der Waals surface area contributed by atoms with E-state index in [4.69, 9.17) is 5.73 Å². The molecule has 0 unspecified atom stereocenters. The van der Waals surface area contributed by atoms with E-state index < -0.39 is 0 Å². The largest absolute Gasteiger partial charge is 0.343 e. The molecule has 0 bridgehead atoms. The van der Waals surface area contributed by atoms with Gasteiger partial charge in [0.05, 0.1) is 0 Å².